The van der Waals surface area contributed by atoms with E-state index in [9.17, 15) is 15.0 Å². The second-order valence-corrected chi connectivity index (χ2v) is 6.63. The Morgan fingerprint density at radius 2 is 1.95 bits per heavy atom. The van der Waals surface area contributed by atoms with Crippen LogP contribution in [0.15, 0.2) is 28.7 Å². The van der Waals surface area contributed by atoms with Crippen LogP contribution in [0, 0.1) is 0 Å². The van der Waals surface area contributed by atoms with Crippen LogP contribution >= 0.6 is 15.9 Å². The van der Waals surface area contributed by atoms with E-state index in [0.29, 0.717) is 18.4 Å². The van der Waals surface area contributed by atoms with E-state index in [1.54, 1.807) is 38.1 Å². The number of hydrogen-bond acceptors (Lipinski definition) is 4. The topological polar surface area (TPSA) is 66.8 Å². The van der Waals surface area contributed by atoms with Gasteiger partial charge in [-0.3, -0.25) is 4.79 Å². The lowest BCUT2D eigenvalue weighted by Gasteiger charge is -2.26. The molecule has 3 atom stereocenters. The molecule has 1 aromatic carbocycles. The highest BCUT2D eigenvalue weighted by atomic mass is 79.9. The molecular formula is C15H19BrO4. The van der Waals surface area contributed by atoms with Crippen molar-refractivity contribution in [2.75, 3.05) is 0 Å². The van der Waals surface area contributed by atoms with Gasteiger partial charge in [0.25, 0.3) is 0 Å². The van der Waals surface area contributed by atoms with Gasteiger partial charge in [0.05, 0.1) is 17.8 Å². The molecule has 1 saturated heterocycles. The fraction of sp³-hybridized carbons (Fsp3) is 0.533. The number of hydrogen-bond donors (Lipinski definition) is 2. The Morgan fingerprint density at radius 3 is 2.45 bits per heavy atom. The van der Waals surface area contributed by atoms with Crippen molar-refractivity contribution in [1.29, 1.82) is 0 Å². The van der Waals surface area contributed by atoms with Gasteiger partial charge in [-0.25, -0.2) is 0 Å². The first-order valence-corrected chi connectivity index (χ1v) is 7.44. The fourth-order valence-corrected chi connectivity index (χ4v) is 2.63. The number of rotatable bonds is 4. The van der Waals surface area contributed by atoms with E-state index in [1.165, 1.54) is 0 Å². The summed E-state index contributed by atoms with van der Waals surface area (Å²) in [6.45, 7) is 3.34. The molecule has 1 aliphatic rings. The SMILES string of the molecule is CC(C)(O)[C@@H]1CC[C@H]([C@H](O)C(=O)c2ccc(Br)cc2)O1. The molecule has 0 radical (unpaired) electrons. The molecule has 0 amide bonds. The van der Waals surface area contributed by atoms with Crippen molar-refractivity contribution in [3.8, 4) is 0 Å². The second-order valence-electron chi connectivity index (χ2n) is 5.71. The molecule has 0 unspecified atom stereocenters. The molecule has 1 fully saturated rings. The normalized spacial score (nSPS) is 24.6. The average molecular weight is 343 g/mol. The van der Waals surface area contributed by atoms with E-state index in [0.717, 1.165) is 4.47 Å². The first-order valence-electron chi connectivity index (χ1n) is 6.64. The van der Waals surface area contributed by atoms with Gasteiger partial charge in [0, 0.05) is 10.0 Å². The highest BCUT2D eigenvalue weighted by Gasteiger charge is 2.40. The molecule has 1 heterocycles. The Hall–Kier alpha value is -0.750. The molecule has 0 spiro atoms. The minimum atomic E-state index is -1.19. The average Bonchev–Trinajstić information content (AvgIpc) is 2.87. The smallest absolute Gasteiger partial charge is 0.193 e. The fourth-order valence-electron chi connectivity index (χ4n) is 2.37. The highest BCUT2D eigenvalue weighted by molar-refractivity contribution is 9.10. The summed E-state index contributed by atoms with van der Waals surface area (Å²) < 4.78 is 6.50. The van der Waals surface area contributed by atoms with Gasteiger partial charge in [-0.05, 0) is 38.8 Å². The van der Waals surface area contributed by atoms with Crippen LogP contribution in [0.5, 0.6) is 0 Å². The van der Waals surface area contributed by atoms with Crippen molar-refractivity contribution >= 4 is 21.7 Å². The zero-order chi connectivity index (χ0) is 14.9. The maximum Gasteiger partial charge on any atom is 0.193 e. The number of aliphatic hydroxyl groups is 2. The van der Waals surface area contributed by atoms with E-state index in [2.05, 4.69) is 15.9 Å². The van der Waals surface area contributed by atoms with Gasteiger partial charge in [0.2, 0.25) is 0 Å². The Morgan fingerprint density at radius 1 is 1.35 bits per heavy atom. The van der Waals surface area contributed by atoms with E-state index in [1.807, 2.05) is 0 Å². The molecule has 1 aliphatic heterocycles. The molecule has 0 aliphatic carbocycles. The number of carbonyl (C=O) groups is 1. The molecule has 2 N–H and O–H groups in total. The van der Waals surface area contributed by atoms with Crippen LogP contribution < -0.4 is 0 Å². The summed E-state index contributed by atoms with van der Waals surface area (Å²) in [6.07, 6.45) is -0.886. The minimum Gasteiger partial charge on any atom is -0.388 e. The van der Waals surface area contributed by atoms with Crippen LogP contribution in [0.3, 0.4) is 0 Å². The quantitative estimate of drug-likeness (QED) is 0.824. The molecule has 0 aromatic heterocycles. The van der Waals surface area contributed by atoms with E-state index >= 15 is 0 Å². The molecule has 4 nitrogen and oxygen atoms in total. The summed E-state index contributed by atoms with van der Waals surface area (Å²) in [5, 5.41) is 20.1. The van der Waals surface area contributed by atoms with Gasteiger partial charge in [0.1, 0.15) is 6.10 Å². The van der Waals surface area contributed by atoms with Gasteiger partial charge in [-0.1, -0.05) is 28.1 Å². The third-order valence-electron chi connectivity index (χ3n) is 3.59. The molecule has 2 rings (SSSR count). The molecule has 0 saturated carbocycles. The number of aliphatic hydroxyl groups excluding tert-OH is 1. The summed E-state index contributed by atoms with van der Waals surface area (Å²) in [4.78, 5) is 12.2. The van der Waals surface area contributed by atoms with E-state index in [4.69, 9.17) is 4.74 Å². The lowest BCUT2D eigenvalue weighted by molar-refractivity contribution is -0.102. The number of ether oxygens (including phenoxy) is 1. The largest absolute Gasteiger partial charge is 0.388 e. The Balaban J connectivity index is 2.03. The number of carbonyl (C=O) groups excluding carboxylic acids is 1. The van der Waals surface area contributed by atoms with Crippen molar-refractivity contribution in [2.45, 2.75) is 50.6 Å². The number of ketones is 1. The van der Waals surface area contributed by atoms with Gasteiger partial charge in [-0.2, -0.15) is 0 Å². The van der Waals surface area contributed by atoms with Gasteiger partial charge in [0.15, 0.2) is 5.78 Å². The van der Waals surface area contributed by atoms with Crippen LogP contribution in [-0.2, 0) is 4.74 Å². The third-order valence-corrected chi connectivity index (χ3v) is 4.12. The highest BCUT2D eigenvalue weighted by Crippen LogP contribution is 2.30. The van der Waals surface area contributed by atoms with Crippen LogP contribution in [0.4, 0.5) is 0 Å². The predicted molar refractivity (Wildman–Crippen MR) is 78.7 cm³/mol. The summed E-state index contributed by atoms with van der Waals surface area (Å²) in [6, 6.07) is 6.85. The molecule has 0 bridgehead atoms. The number of benzene rings is 1. The first kappa shape index (κ1) is 15.6. The summed E-state index contributed by atoms with van der Waals surface area (Å²) in [5.41, 5.74) is -0.509. The maximum absolute atomic E-state index is 12.2. The standard InChI is InChI=1S/C15H19BrO4/c1-15(2,19)12-8-7-11(20-12)14(18)13(17)9-3-5-10(16)6-4-9/h3-6,11-12,14,18-19H,7-8H2,1-2H3/t11-,12+,14+/m1/s1. The molecule has 20 heavy (non-hydrogen) atoms. The number of Topliss-reactive ketones (excluding diaryl/α,β-unsaturated/α-hetero) is 1. The van der Waals surface area contributed by atoms with Crippen LogP contribution in [-0.4, -0.2) is 39.9 Å². The molecule has 1 aromatic rings. The molecule has 5 heteroatoms. The monoisotopic (exact) mass is 342 g/mol. The van der Waals surface area contributed by atoms with Crippen molar-refractivity contribution in [3.63, 3.8) is 0 Å². The zero-order valence-corrected chi connectivity index (χ0v) is 13.1. The van der Waals surface area contributed by atoms with Crippen molar-refractivity contribution in [1.82, 2.24) is 0 Å². The van der Waals surface area contributed by atoms with Crippen molar-refractivity contribution in [3.05, 3.63) is 34.3 Å². The van der Waals surface area contributed by atoms with E-state index in [-0.39, 0.29) is 11.9 Å². The van der Waals surface area contributed by atoms with Crippen LogP contribution in [0.1, 0.15) is 37.0 Å². The molecular weight excluding hydrogens is 324 g/mol. The number of halogens is 1. The summed E-state index contributed by atoms with van der Waals surface area (Å²) in [5.74, 6) is -0.348. The van der Waals surface area contributed by atoms with Crippen molar-refractivity contribution < 1.29 is 19.7 Å². The van der Waals surface area contributed by atoms with Crippen LogP contribution in [0.2, 0.25) is 0 Å². The summed E-state index contributed by atoms with van der Waals surface area (Å²) >= 11 is 3.30. The summed E-state index contributed by atoms with van der Waals surface area (Å²) in [7, 11) is 0. The van der Waals surface area contributed by atoms with Gasteiger partial charge >= 0.3 is 0 Å². The Labute approximate surface area is 126 Å². The Bertz CT molecular complexity index is 478. The maximum atomic E-state index is 12.2. The van der Waals surface area contributed by atoms with Crippen LogP contribution in [0.25, 0.3) is 0 Å². The first-order chi connectivity index (χ1) is 9.29. The van der Waals surface area contributed by atoms with Gasteiger partial charge in [-0.15, -0.1) is 0 Å². The predicted octanol–water partition coefficient (Wildman–Crippen LogP) is 2.31. The molecule has 110 valence electrons. The lowest BCUT2D eigenvalue weighted by Crippen LogP contribution is -2.39. The third kappa shape index (κ3) is 3.47. The van der Waals surface area contributed by atoms with Gasteiger partial charge < -0.3 is 14.9 Å². The second kappa shape index (κ2) is 5.93. The van der Waals surface area contributed by atoms with Crippen molar-refractivity contribution in [2.24, 2.45) is 0 Å². The minimum absolute atomic E-state index is 0.347. The Kier molecular flexibility index (Phi) is 4.64. The lowest BCUT2D eigenvalue weighted by atomic mass is 9.97. The zero-order valence-electron chi connectivity index (χ0n) is 11.5. The van der Waals surface area contributed by atoms with E-state index < -0.39 is 17.8 Å².